The Labute approximate surface area is 105 Å². The zero-order valence-electron chi connectivity index (χ0n) is 9.96. The second kappa shape index (κ2) is 5.18. The second-order valence-electron chi connectivity index (χ2n) is 3.64. The highest BCUT2D eigenvalue weighted by molar-refractivity contribution is 5.90. The lowest BCUT2D eigenvalue weighted by molar-refractivity contribution is -0.485. The quantitative estimate of drug-likeness (QED) is 0.375. The summed E-state index contributed by atoms with van der Waals surface area (Å²) in [5.41, 5.74) is 9.81. The number of nitrogens with zero attached hydrogens (tertiary/aromatic N) is 1. The molecule has 2 aromatic rings. The maximum atomic E-state index is 11.8. The minimum Gasteiger partial charge on any atom is -0.459 e. The van der Waals surface area contributed by atoms with Crippen molar-refractivity contribution in [1.82, 2.24) is 5.43 Å². The first-order chi connectivity index (χ1) is 8.70. The average molecular weight is 244 g/mol. The molecule has 0 aliphatic heterocycles. The molecule has 0 atom stereocenters. The molecule has 2 rings (SSSR count). The van der Waals surface area contributed by atoms with E-state index in [1.54, 1.807) is 35.2 Å². The van der Waals surface area contributed by atoms with Crippen molar-refractivity contribution in [2.24, 2.45) is 0 Å². The van der Waals surface area contributed by atoms with Gasteiger partial charge in [-0.25, -0.2) is 0 Å². The number of hydrazine groups is 1. The third-order valence-corrected chi connectivity index (χ3v) is 2.40. The third kappa shape index (κ3) is 2.57. The van der Waals surface area contributed by atoms with Gasteiger partial charge in [0.25, 0.3) is 0 Å². The molecule has 1 heterocycles. The molecule has 5 nitrogen and oxygen atoms in total. The molecule has 0 fully saturated rings. The Bertz CT molecular complexity index is 556. The molecule has 0 bridgehead atoms. The number of hydrogen-bond acceptors (Lipinski definition) is 3. The molecule has 0 unspecified atom stereocenters. The molecule has 0 aliphatic rings. The maximum Gasteiger partial charge on any atom is 0.340 e. The minimum absolute atomic E-state index is 0.261. The number of rotatable bonds is 3. The summed E-state index contributed by atoms with van der Waals surface area (Å²) in [6.45, 7) is 1.82. The molecule has 5 heteroatoms. The molecule has 0 saturated carbocycles. The molecule has 1 aromatic heterocycles. The van der Waals surface area contributed by atoms with Crippen molar-refractivity contribution >= 4 is 23.5 Å². The van der Waals surface area contributed by atoms with Crippen LogP contribution in [0.3, 0.4) is 0 Å². The highest BCUT2D eigenvalue weighted by atomic mass is 16.3. The molecule has 92 valence electrons. The Morgan fingerprint density at radius 3 is 2.61 bits per heavy atom. The summed E-state index contributed by atoms with van der Waals surface area (Å²) in [7, 11) is 0. The minimum atomic E-state index is -0.310. The van der Waals surface area contributed by atoms with Gasteiger partial charge < -0.3 is 10.2 Å². The summed E-state index contributed by atoms with van der Waals surface area (Å²) in [6, 6.07) is 10.4. The predicted molar refractivity (Wildman–Crippen MR) is 68.7 cm³/mol. The van der Waals surface area contributed by atoms with Crippen LogP contribution in [0.4, 0.5) is 11.4 Å². The van der Waals surface area contributed by atoms with Gasteiger partial charge in [-0.3, -0.25) is 4.79 Å². The Balaban J connectivity index is 2.16. The summed E-state index contributed by atoms with van der Waals surface area (Å²) in [4.78, 5) is 11.8. The number of furan rings is 1. The van der Waals surface area contributed by atoms with Crippen LogP contribution in [0, 0.1) is 0 Å². The highest BCUT2D eigenvalue weighted by Crippen LogP contribution is 2.12. The zero-order chi connectivity index (χ0) is 13.0. The molecule has 1 aromatic carbocycles. The van der Waals surface area contributed by atoms with Crippen molar-refractivity contribution in [3.05, 3.63) is 48.4 Å². The molecule has 0 saturated heterocycles. The number of anilines is 1. The topological polar surface area (TPSA) is 71.3 Å². The van der Waals surface area contributed by atoms with Crippen LogP contribution in [0.15, 0.2) is 47.1 Å². The van der Waals surface area contributed by atoms with Crippen LogP contribution >= 0.6 is 0 Å². The van der Waals surface area contributed by atoms with E-state index in [4.69, 9.17) is 10.2 Å². The summed E-state index contributed by atoms with van der Waals surface area (Å²) < 4.78 is 6.62. The molecule has 18 heavy (non-hydrogen) atoms. The van der Waals surface area contributed by atoms with Gasteiger partial charge in [-0.2, -0.15) is 0 Å². The van der Waals surface area contributed by atoms with Gasteiger partial charge in [0, 0.05) is 24.7 Å². The monoisotopic (exact) mass is 244 g/mol. The standard InChI is InChI=1S/C13H13N3O2/c1-2-16(11-7-5-10(14)6-8-11)15-13(17)12-4-3-9-18-12/h2-9H,14H2,1H3/p+1. The number of nitrogens with one attached hydrogen (secondary N) is 1. The Hall–Kier alpha value is -2.56. The smallest absolute Gasteiger partial charge is 0.340 e. The second-order valence-corrected chi connectivity index (χ2v) is 3.64. The number of amides is 1. The zero-order valence-corrected chi connectivity index (χ0v) is 9.96. The first-order valence-electron chi connectivity index (χ1n) is 5.49. The fourth-order valence-corrected chi connectivity index (χ4v) is 1.49. The summed E-state index contributed by atoms with van der Waals surface area (Å²) in [6.07, 6.45) is 3.20. The maximum absolute atomic E-state index is 11.8. The van der Waals surface area contributed by atoms with Crippen LogP contribution in [0.1, 0.15) is 17.5 Å². The normalized spacial score (nSPS) is 11.3. The van der Waals surface area contributed by atoms with E-state index in [1.807, 2.05) is 19.1 Å². The average Bonchev–Trinajstić information content (AvgIpc) is 2.91. The number of nitrogens with two attached hydrogens (primary N) is 1. The van der Waals surface area contributed by atoms with Gasteiger partial charge in [0.15, 0.2) is 12.0 Å². The number of hydrogen-bond donors (Lipinski definition) is 2. The largest absolute Gasteiger partial charge is 0.459 e. The molecule has 0 aliphatic carbocycles. The highest BCUT2D eigenvalue weighted by Gasteiger charge is 2.16. The van der Waals surface area contributed by atoms with E-state index >= 15 is 0 Å². The number of hydrazone groups is 1. The van der Waals surface area contributed by atoms with E-state index in [-0.39, 0.29) is 11.7 Å². The van der Waals surface area contributed by atoms with Gasteiger partial charge in [0.05, 0.1) is 6.26 Å². The lowest BCUT2D eigenvalue weighted by Crippen LogP contribution is -2.31. The Kier molecular flexibility index (Phi) is 3.43. The molecular formula is C13H14N3O2+. The molecule has 1 amide bonds. The predicted octanol–water partition coefficient (Wildman–Crippen LogP) is 1.94. The molecule has 0 spiro atoms. The fourth-order valence-electron chi connectivity index (χ4n) is 1.49. The summed E-state index contributed by atoms with van der Waals surface area (Å²) in [5, 5.41) is 0. The van der Waals surface area contributed by atoms with E-state index < -0.39 is 0 Å². The Morgan fingerprint density at radius 1 is 1.33 bits per heavy atom. The van der Waals surface area contributed by atoms with E-state index in [0.29, 0.717) is 5.69 Å². The number of carbonyl (C=O) groups is 1. The summed E-state index contributed by atoms with van der Waals surface area (Å²) in [5.74, 6) is -0.0489. The van der Waals surface area contributed by atoms with Gasteiger partial charge in [-0.05, 0) is 24.3 Å². The van der Waals surface area contributed by atoms with E-state index in [2.05, 4.69) is 5.43 Å². The number of carbonyl (C=O) groups excluding carboxylic acids is 1. The van der Waals surface area contributed by atoms with E-state index in [0.717, 1.165) is 5.69 Å². The van der Waals surface area contributed by atoms with Crippen molar-refractivity contribution in [1.29, 1.82) is 0 Å². The molecular weight excluding hydrogens is 230 g/mol. The summed E-state index contributed by atoms with van der Waals surface area (Å²) >= 11 is 0. The van der Waals surface area contributed by atoms with Gasteiger partial charge in [0.1, 0.15) is 0 Å². The lowest BCUT2D eigenvalue weighted by atomic mass is 10.3. The van der Waals surface area contributed by atoms with Gasteiger partial charge >= 0.3 is 5.91 Å². The van der Waals surface area contributed by atoms with Crippen molar-refractivity contribution in [3.63, 3.8) is 0 Å². The van der Waals surface area contributed by atoms with Crippen molar-refractivity contribution in [3.8, 4) is 0 Å². The fraction of sp³-hybridized carbons (Fsp3) is 0.0769. The SMILES string of the molecule is CC=[N+](NC(=O)c1ccco1)c1ccc(N)cc1. The molecule has 0 radical (unpaired) electrons. The van der Waals surface area contributed by atoms with Crippen LogP contribution < -0.4 is 11.2 Å². The van der Waals surface area contributed by atoms with Gasteiger partial charge in [-0.15, -0.1) is 5.43 Å². The Morgan fingerprint density at radius 2 is 2.06 bits per heavy atom. The van der Waals surface area contributed by atoms with E-state index in [1.165, 1.54) is 6.26 Å². The van der Waals surface area contributed by atoms with Crippen LogP contribution in [-0.4, -0.2) is 16.8 Å². The van der Waals surface area contributed by atoms with Crippen molar-refractivity contribution < 1.29 is 13.9 Å². The number of nitrogen functional groups attached to an aromatic ring is 1. The van der Waals surface area contributed by atoms with Crippen LogP contribution in [0.25, 0.3) is 0 Å². The van der Waals surface area contributed by atoms with Gasteiger partial charge in [-0.1, -0.05) is 4.68 Å². The van der Waals surface area contributed by atoms with Crippen LogP contribution in [0.2, 0.25) is 0 Å². The lowest BCUT2D eigenvalue weighted by Gasteiger charge is -2.02. The third-order valence-electron chi connectivity index (χ3n) is 2.40. The number of benzene rings is 1. The van der Waals surface area contributed by atoms with Crippen molar-refractivity contribution in [2.45, 2.75) is 6.92 Å². The van der Waals surface area contributed by atoms with Crippen molar-refractivity contribution in [2.75, 3.05) is 5.73 Å². The van der Waals surface area contributed by atoms with Crippen LogP contribution in [0.5, 0.6) is 0 Å². The molecule has 3 N–H and O–H groups in total. The van der Waals surface area contributed by atoms with E-state index in [9.17, 15) is 4.79 Å². The van der Waals surface area contributed by atoms with Crippen LogP contribution in [-0.2, 0) is 0 Å². The first-order valence-corrected chi connectivity index (χ1v) is 5.49. The first kappa shape index (κ1) is 11.9. The van der Waals surface area contributed by atoms with Gasteiger partial charge in [0.2, 0.25) is 5.69 Å².